The molecular formula is C19H15N3O2S. The molecular weight excluding hydrogens is 334 g/mol. The van der Waals surface area contributed by atoms with Crippen LogP contribution < -0.4 is 0 Å². The van der Waals surface area contributed by atoms with E-state index in [0.717, 1.165) is 11.1 Å². The molecule has 4 rings (SSSR count). The number of benzene rings is 2. The smallest absolute Gasteiger partial charge is 0.223 e. The normalized spacial score (nSPS) is 11.7. The molecule has 0 unspecified atom stereocenters. The topological polar surface area (TPSA) is 64.3 Å². The molecule has 6 heteroatoms. The minimum absolute atomic E-state index is 0.100. The van der Waals surface area contributed by atoms with Gasteiger partial charge < -0.3 is 0 Å². The first-order valence-corrected chi connectivity index (χ1v) is 9.25. The lowest BCUT2D eigenvalue weighted by Crippen LogP contribution is -2.09. The Hall–Kier alpha value is -2.99. The van der Waals surface area contributed by atoms with Gasteiger partial charge in [0.05, 0.1) is 11.1 Å². The van der Waals surface area contributed by atoms with Gasteiger partial charge in [0.25, 0.3) is 0 Å². The van der Waals surface area contributed by atoms with Crippen LogP contribution in [0.1, 0.15) is 5.56 Å². The van der Waals surface area contributed by atoms with Crippen molar-refractivity contribution in [3.8, 4) is 11.3 Å². The van der Waals surface area contributed by atoms with Crippen LogP contribution in [0.3, 0.4) is 0 Å². The summed E-state index contributed by atoms with van der Waals surface area (Å²) in [6.45, 7) is 1.92. The number of fused-ring (bicyclic) bond motifs is 1. The molecule has 0 aliphatic heterocycles. The van der Waals surface area contributed by atoms with Crippen LogP contribution in [0, 0.1) is 6.92 Å². The number of hydrogen-bond acceptors (Lipinski definition) is 4. The van der Waals surface area contributed by atoms with E-state index in [1.807, 2.05) is 37.3 Å². The van der Waals surface area contributed by atoms with Crippen LogP contribution >= 0.6 is 0 Å². The van der Waals surface area contributed by atoms with Gasteiger partial charge in [0, 0.05) is 18.0 Å². The van der Waals surface area contributed by atoms with Crippen molar-refractivity contribution < 1.29 is 8.42 Å². The third kappa shape index (κ3) is 2.60. The van der Waals surface area contributed by atoms with E-state index >= 15 is 0 Å². The zero-order chi connectivity index (χ0) is 17.4. The highest BCUT2D eigenvalue weighted by molar-refractivity contribution is 7.91. The van der Waals surface area contributed by atoms with Crippen LogP contribution in [-0.2, 0) is 9.84 Å². The number of aromatic nitrogens is 3. The first-order chi connectivity index (χ1) is 12.1. The Bertz CT molecular complexity index is 1150. The van der Waals surface area contributed by atoms with Gasteiger partial charge in [-0.25, -0.2) is 18.4 Å². The number of hydrogen-bond donors (Lipinski definition) is 0. The maximum atomic E-state index is 13.0. The zero-order valence-electron chi connectivity index (χ0n) is 13.5. The fourth-order valence-electron chi connectivity index (χ4n) is 2.73. The van der Waals surface area contributed by atoms with E-state index in [9.17, 15) is 8.42 Å². The SMILES string of the molecule is Cc1ccc(S(=O)(=O)c2cnc(-c3ccccc3)c3nccn23)cc1. The maximum absolute atomic E-state index is 13.0. The van der Waals surface area contributed by atoms with Gasteiger partial charge in [-0.1, -0.05) is 48.0 Å². The van der Waals surface area contributed by atoms with Crippen LogP contribution in [-0.4, -0.2) is 22.8 Å². The number of nitrogens with zero attached hydrogens (tertiary/aromatic N) is 3. The maximum Gasteiger partial charge on any atom is 0.223 e. The third-order valence-electron chi connectivity index (χ3n) is 4.05. The largest absolute Gasteiger partial charge is 0.287 e. The second-order valence-electron chi connectivity index (χ2n) is 5.75. The molecule has 0 radical (unpaired) electrons. The molecule has 0 saturated carbocycles. The van der Waals surface area contributed by atoms with Gasteiger partial charge in [0.15, 0.2) is 10.7 Å². The summed E-state index contributed by atoms with van der Waals surface area (Å²) in [7, 11) is -3.69. The van der Waals surface area contributed by atoms with Crippen molar-refractivity contribution in [3.05, 3.63) is 78.8 Å². The van der Waals surface area contributed by atoms with Crippen molar-refractivity contribution in [1.82, 2.24) is 14.4 Å². The number of aryl methyl sites for hydroxylation is 1. The third-order valence-corrected chi connectivity index (χ3v) is 5.79. The Balaban J connectivity index is 1.93. The summed E-state index contributed by atoms with van der Waals surface area (Å²) in [5.74, 6) is 0. The van der Waals surface area contributed by atoms with Gasteiger partial charge in [-0.3, -0.25) is 4.40 Å². The quantitative estimate of drug-likeness (QED) is 0.567. The molecule has 0 aliphatic carbocycles. The van der Waals surface area contributed by atoms with E-state index in [-0.39, 0.29) is 9.92 Å². The van der Waals surface area contributed by atoms with Gasteiger partial charge in [-0.05, 0) is 19.1 Å². The minimum Gasteiger partial charge on any atom is -0.287 e. The molecule has 2 heterocycles. The predicted octanol–water partition coefficient (Wildman–Crippen LogP) is 3.54. The van der Waals surface area contributed by atoms with Crippen molar-refractivity contribution in [1.29, 1.82) is 0 Å². The summed E-state index contributed by atoms with van der Waals surface area (Å²) < 4.78 is 27.6. The van der Waals surface area contributed by atoms with Gasteiger partial charge in [-0.15, -0.1) is 0 Å². The standard InChI is InChI=1S/C19H15N3O2S/c1-14-7-9-16(10-8-14)25(23,24)17-13-21-18(15-5-3-2-4-6-15)19-20-11-12-22(17)19/h2-13H,1H3. The predicted molar refractivity (Wildman–Crippen MR) is 95.1 cm³/mol. The summed E-state index contributed by atoms with van der Waals surface area (Å²) in [5, 5.41) is 0.100. The Kier molecular flexibility index (Phi) is 3.62. The van der Waals surface area contributed by atoms with E-state index in [2.05, 4.69) is 9.97 Å². The van der Waals surface area contributed by atoms with Crippen molar-refractivity contribution in [3.63, 3.8) is 0 Å². The summed E-state index contributed by atoms with van der Waals surface area (Å²) in [4.78, 5) is 8.95. The molecule has 0 amide bonds. The van der Waals surface area contributed by atoms with Crippen molar-refractivity contribution >= 4 is 15.5 Å². The fraction of sp³-hybridized carbons (Fsp3) is 0.0526. The number of imidazole rings is 1. The second-order valence-corrected chi connectivity index (χ2v) is 7.64. The summed E-state index contributed by atoms with van der Waals surface area (Å²) in [5.41, 5.74) is 3.05. The van der Waals surface area contributed by atoms with Gasteiger partial charge in [-0.2, -0.15) is 0 Å². The Morgan fingerprint density at radius 2 is 1.64 bits per heavy atom. The highest BCUT2D eigenvalue weighted by Crippen LogP contribution is 2.26. The van der Waals surface area contributed by atoms with Crippen LogP contribution in [0.2, 0.25) is 0 Å². The summed E-state index contributed by atoms with van der Waals surface area (Å²) >= 11 is 0. The molecule has 0 saturated heterocycles. The molecule has 4 aromatic rings. The molecule has 0 aliphatic rings. The first-order valence-electron chi connectivity index (χ1n) is 7.76. The van der Waals surface area contributed by atoms with Crippen molar-refractivity contribution in [2.45, 2.75) is 16.8 Å². The molecule has 0 spiro atoms. The van der Waals surface area contributed by atoms with E-state index in [1.165, 1.54) is 6.20 Å². The minimum atomic E-state index is -3.69. The highest BCUT2D eigenvalue weighted by atomic mass is 32.2. The lowest BCUT2D eigenvalue weighted by molar-refractivity contribution is 0.590. The van der Waals surface area contributed by atoms with Gasteiger partial charge in [0.1, 0.15) is 5.69 Å². The lowest BCUT2D eigenvalue weighted by Gasteiger charge is -2.10. The lowest BCUT2D eigenvalue weighted by atomic mass is 10.1. The molecule has 2 aromatic heterocycles. The molecule has 0 atom stereocenters. The Labute approximate surface area is 145 Å². The second kappa shape index (κ2) is 5.82. The molecule has 0 N–H and O–H groups in total. The molecule has 0 bridgehead atoms. The highest BCUT2D eigenvalue weighted by Gasteiger charge is 2.23. The van der Waals surface area contributed by atoms with Gasteiger partial charge >= 0.3 is 0 Å². The molecule has 124 valence electrons. The molecule has 0 fully saturated rings. The first kappa shape index (κ1) is 15.5. The fourth-order valence-corrected chi connectivity index (χ4v) is 4.07. The average Bonchev–Trinajstić information content (AvgIpc) is 3.11. The Morgan fingerprint density at radius 3 is 2.36 bits per heavy atom. The van der Waals surface area contributed by atoms with E-state index in [1.54, 1.807) is 41.1 Å². The summed E-state index contributed by atoms with van der Waals surface area (Å²) in [6, 6.07) is 16.4. The van der Waals surface area contributed by atoms with Crippen molar-refractivity contribution in [2.24, 2.45) is 0 Å². The number of sulfone groups is 1. The monoisotopic (exact) mass is 349 g/mol. The van der Waals surface area contributed by atoms with Gasteiger partial charge in [0.2, 0.25) is 9.84 Å². The molecule has 25 heavy (non-hydrogen) atoms. The Morgan fingerprint density at radius 1 is 0.920 bits per heavy atom. The van der Waals surface area contributed by atoms with E-state index in [0.29, 0.717) is 11.3 Å². The van der Waals surface area contributed by atoms with Crippen molar-refractivity contribution in [2.75, 3.05) is 0 Å². The van der Waals surface area contributed by atoms with E-state index < -0.39 is 9.84 Å². The van der Waals surface area contributed by atoms with E-state index in [4.69, 9.17) is 0 Å². The molecule has 2 aromatic carbocycles. The summed E-state index contributed by atoms with van der Waals surface area (Å²) in [6.07, 6.45) is 4.62. The van der Waals surface area contributed by atoms with Crippen LogP contribution in [0.5, 0.6) is 0 Å². The number of rotatable bonds is 3. The van der Waals surface area contributed by atoms with Crippen LogP contribution in [0.4, 0.5) is 0 Å². The molecule has 5 nitrogen and oxygen atoms in total. The van der Waals surface area contributed by atoms with Crippen LogP contribution in [0.25, 0.3) is 16.9 Å². The van der Waals surface area contributed by atoms with Crippen LogP contribution in [0.15, 0.2) is 83.1 Å². The zero-order valence-corrected chi connectivity index (χ0v) is 14.3. The average molecular weight is 349 g/mol.